The van der Waals surface area contributed by atoms with Crippen molar-refractivity contribution in [3.8, 4) is 17.6 Å². The molecule has 0 radical (unpaired) electrons. The van der Waals surface area contributed by atoms with Crippen LogP contribution in [-0.2, 0) is 23.9 Å². The molecule has 0 bridgehead atoms. The second-order valence-corrected chi connectivity index (χ2v) is 13.9. The van der Waals surface area contributed by atoms with Crippen LogP contribution in [0, 0.1) is 56.9 Å². The number of thiocarbonyl (C=S) groups is 1. The number of aryl methyl sites for hydroxylation is 3. The van der Waals surface area contributed by atoms with Gasteiger partial charge in [-0.05, 0) is 92.9 Å². The average Bonchev–Trinajstić information content (AvgIpc) is 3.52. The molecule has 2 aliphatic rings. The van der Waals surface area contributed by atoms with Gasteiger partial charge in [0.05, 0.1) is 18.7 Å². The summed E-state index contributed by atoms with van der Waals surface area (Å²) in [5.41, 5.74) is 1.16. The number of hydrogen-bond acceptors (Lipinski definition) is 9. The van der Waals surface area contributed by atoms with Crippen LogP contribution in [0.1, 0.15) is 66.5 Å². The highest BCUT2D eigenvalue weighted by molar-refractivity contribution is 7.80. The van der Waals surface area contributed by atoms with E-state index >= 15 is 0 Å². The topological polar surface area (TPSA) is 121 Å². The van der Waals surface area contributed by atoms with Gasteiger partial charge in [-0.25, -0.2) is 18.5 Å². The maximum atomic E-state index is 13.7. The third-order valence-electron chi connectivity index (χ3n) is 9.27. The zero-order valence-corrected chi connectivity index (χ0v) is 31.2. The Morgan fingerprint density at radius 1 is 0.732 bits per heavy atom. The number of nitrogens with zero attached hydrogens (tertiary/aromatic N) is 3. The Morgan fingerprint density at radius 2 is 1.21 bits per heavy atom. The number of ketones is 2. The third-order valence-corrected chi connectivity index (χ3v) is 9.59. The number of hydrogen-bond donors (Lipinski definition) is 0. The van der Waals surface area contributed by atoms with Crippen molar-refractivity contribution in [2.75, 3.05) is 13.2 Å². The monoisotopic (exact) mass is 777 g/mol. The largest absolute Gasteiger partial charge is 0.489 e. The number of carbonyl (C=O) groups is 3. The molecule has 0 aromatic heterocycles. The first-order chi connectivity index (χ1) is 26.0. The Balaban J connectivity index is 0.000000244. The molecule has 4 aromatic rings. The summed E-state index contributed by atoms with van der Waals surface area (Å²) >= 11 is 5.28. The van der Waals surface area contributed by atoms with Crippen molar-refractivity contribution in [1.82, 2.24) is 0 Å². The van der Waals surface area contributed by atoms with Crippen LogP contribution >= 0.6 is 12.2 Å². The number of rotatable bonds is 8. The standard InChI is InChI=1S/C21H15FN2O3S.C21H18FNO4.CH4/c1-12-8-13(5-7-17(12)24-3)18-19(25)21(2,27-20(18)28)11-26-15-6-4-14(10-23)16(22)9-15;1-12-5-7-15(10-16(12)22)26-11-21(3)19(24)18(20(25)27-21)14-6-8-17(23-4)13(2)9-14;/h4-9,18H,11H2,1-2H3;5-10,18H,11H2,1-3H3;1H4. The van der Waals surface area contributed by atoms with Gasteiger partial charge >= 0.3 is 5.97 Å². The summed E-state index contributed by atoms with van der Waals surface area (Å²) in [6, 6.07) is 19.9. The lowest BCUT2D eigenvalue weighted by Gasteiger charge is -2.22. The minimum atomic E-state index is -1.46. The molecule has 10 nitrogen and oxygen atoms in total. The van der Waals surface area contributed by atoms with E-state index < -0.39 is 46.4 Å². The molecule has 4 unspecified atom stereocenters. The van der Waals surface area contributed by atoms with E-state index in [4.69, 9.17) is 49.6 Å². The normalized spacial score (nSPS) is 20.9. The second-order valence-electron chi connectivity index (χ2n) is 13.5. The van der Waals surface area contributed by atoms with Gasteiger partial charge in [-0.15, -0.1) is 0 Å². The molecular weight excluding hydrogens is 741 g/mol. The molecular formula is C43H37F2N3O7S. The highest BCUT2D eigenvalue weighted by Crippen LogP contribution is 2.38. The van der Waals surface area contributed by atoms with Crippen molar-refractivity contribution in [3.63, 3.8) is 0 Å². The van der Waals surface area contributed by atoms with E-state index in [0.717, 1.165) is 11.6 Å². The van der Waals surface area contributed by atoms with Crippen molar-refractivity contribution in [2.45, 2.75) is 65.1 Å². The number of Topliss-reactive ketones (excluding diaryl/α,β-unsaturated/α-hetero) is 2. The Hall–Kier alpha value is -6.49. The SMILES string of the molecule is C.[C-]#[N+]c1ccc(C2C(=O)C(C)(COc3ccc(C#N)c(F)c3)OC2=S)cc1C.[C-]#[N+]c1ccc(C2C(=O)OC(C)(COc3ccc(C)c(F)c3)C2=O)cc1C. The highest BCUT2D eigenvalue weighted by atomic mass is 32.1. The Kier molecular flexibility index (Phi) is 12.7. The zero-order chi connectivity index (χ0) is 40.2. The number of benzene rings is 4. The molecule has 286 valence electrons. The lowest BCUT2D eigenvalue weighted by atomic mass is 9.88. The van der Waals surface area contributed by atoms with Gasteiger partial charge in [0, 0.05) is 12.1 Å². The molecule has 2 fully saturated rings. The lowest BCUT2D eigenvalue weighted by Crippen LogP contribution is -2.40. The number of ether oxygens (including phenoxy) is 4. The van der Waals surface area contributed by atoms with Crippen molar-refractivity contribution in [1.29, 1.82) is 5.26 Å². The summed E-state index contributed by atoms with van der Waals surface area (Å²) in [5, 5.41) is 8.92. The lowest BCUT2D eigenvalue weighted by molar-refractivity contribution is -0.153. The minimum absolute atomic E-state index is 0. The predicted molar refractivity (Wildman–Crippen MR) is 207 cm³/mol. The summed E-state index contributed by atoms with van der Waals surface area (Å²) in [5.74, 6) is -3.82. The minimum Gasteiger partial charge on any atom is -0.489 e. The second kappa shape index (κ2) is 16.9. The fraction of sp³-hybridized carbons (Fsp3) is 0.279. The summed E-state index contributed by atoms with van der Waals surface area (Å²) in [6.07, 6.45) is 0. The van der Waals surface area contributed by atoms with Gasteiger partial charge < -0.3 is 18.9 Å². The average molecular weight is 778 g/mol. The quantitative estimate of drug-likeness (QED) is 0.0747. The maximum absolute atomic E-state index is 13.7. The molecule has 0 aliphatic carbocycles. The van der Waals surface area contributed by atoms with Gasteiger partial charge in [-0.2, -0.15) is 5.26 Å². The Bertz CT molecular complexity index is 2380. The van der Waals surface area contributed by atoms with Crippen molar-refractivity contribution >= 4 is 46.2 Å². The van der Waals surface area contributed by atoms with Crippen LogP contribution in [0.2, 0.25) is 0 Å². The van der Waals surface area contributed by atoms with E-state index in [1.807, 2.05) is 0 Å². The maximum Gasteiger partial charge on any atom is 0.322 e. The predicted octanol–water partition coefficient (Wildman–Crippen LogP) is 9.08. The molecule has 0 saturated carbocycles. The zero-order valence-electron chi connectivity index (χ0n) is 30.4. The number of halogens is 2. The van der Waals surface area contributed by atoms with Crippen LogP contribution in [0.25, 0.3) is 9.69 Å². The van der Waals surface area contributed by atoms with Gasteiger partial charge in [0.15, 0.2) is 33.6 Å². The van der Waals surface area contributed by atoms with Gasteiger partial charge in [-0.3, -0.25) is 14.4 Å². The van der Waals surface area contributed by atoms with Gasteiger partial charge in [0.1, 0.15) is 54.3 Å². The van der Waals surface area contributed by atoms with Gasteiger partial charge in [-0.1, -0.05) is 49.9 Å². The first-order valence-corrected chi connectivity index (χ1v) is 17.2. The van der Waals surface area contributed by atoms with E-state index in [2.05, 4.69) is 9.69 Å². The van der Waals surface area contributed by atoms with E-state index in [1.165, 1.54) is 25.1 Å². The van der Waals surface area contributed by atoms with E-state index in [-0.39, 0.29) is 48.5 Å². The summed E-state index contributed by atoms with van der Waals surface area (Å²) in [7, 11) is 0. The molecule has 0 N–H and O–H groups in total. The Morgan fingerprint density at radius 3 is 1.70 bits per heavy atom. The fourth-order valence-corrected chi connectivity index (χ4v) is 6.44. The van der Waals surface area contributed by atoms with E-state index in [0.29, 0.717) is 33.6 Å². The third kappa shape index (κ3) is 8.57. The van der Waals surface area contributed by atoms with Gasteiger partial charge in [0.2, 0.25) is 5.60 Å². The first kappa shape index (κ1) is 42.3. The number of carbonyl (C=O) groups excluding carboxylic acids is 3. The van der Waals surface area contributed by atoms with Gasteiger partial charge in [0.25, 0.3) is 0 Å². The van der Waals surface area contributed by atoms with Crippen molar-refractivity contribution in [3.05, 3.63) is 141 Å². The molecule has 56 heavy (non-hydrogen) atoms. The number of nitriles is 1. The smallest absolute Gasteiger partial charge is 0.322 e. The van der Waals surface area contributed by atoms with Crippen LogP contribution in [0.5, 0.6) is 11.5 Å². The molecule has 0 amide bonds. The van der Waals surface area contributed by atoms with E-state index in [9.17, 15) is 23.2 Å². The molecule has 4 aromatic carbocycles. The molecule has 4 atom stereocenters. The van der Waals surface area contributed by atoms with Crippen LogP contribution < -0.4 is 9.47 Å². The van der Waals surface area contributed by atoms with Crippen molar-refractivity contribution in [2.24, 2.45) is 0 Å². The molecule has 2 heterocycles. The van der Waals surface area contributed by atoms with Crippen LogP contribution in [0.3, 0.4) is 0 Å². The highest BCUT2D eigenvalue weighted by Gasteiger charge is 2.54. The summed E-state index contributed by atoms with van der Waals surface area (Å²) in [6.45, 7) is 22.1. The Labute approximate surface area is 329 Å². The summed E-state index contributed by atoms with van der Waals surface area (Å²) < 4.78 is 49.4. The van der Waals surface area contributed by atoms with Crippen molar-refractivity contribution < 1.29 is 42.1 Å². The van der Waals surface area contributed by atoms with Crippen LogP contribution in [0.4, 0.5) is 20.2 Å². The number of esters is 1. The number of cyclic esters (lactones) is 1. The van der Waals surface area contributed by atoms with Crippen LogP contribution in [0.15, 0.2) is 72.8 Å². The van der Waals surface area contributed by atoms with E-state index in [1.54, 1.807) is 82.3 Å². The fourth-order valence-electron chi connectivity index (χ4n) is 6.01. The summed E-state index contributed by atoms with van der Waals surface area (Å²) in [4.78, 5) is 45.1. The molecule has 2 saturated heterocycles. The molecule has 0 spiro atoms. The molecule has 2 aliphatic heterocycles. The first-order valence-electron chi connectivity index (χ1n) is 16.8. The molecule has 6 rings (SSSR count). The molecule has 13 heteroatoms. The van der Waals surface area contributed by atoms with Crippen LogP contribution in [-0.4, -0.2) is 47.0 Å².